The van der Waals surface area contributed by atoms with Crippen LogP contribution in [0.3, 0.4) is 0 Å². The highest BCUT2D eigenvalue weighted by Crippen LogP contribution is 2.37. The lowest BCUT2D eigenvalue weighted by atomic mass is 9.93. The van der Waals surface area contributed by atoms with E-state index in [-0.39, 0.29) is 24.3 Å². The topological polar surface area (TPSA) is 61.4 Å². The number of likely N-dealkylation sites (tertiary alicyclic amines) is 1. The summed E-state index contributed by atoms with van der Waals surface area (Å²) in [5.41, 5.74) is -3.95. The summed E-state index contributed by atoms with van der Waals surface area (Å²) in [7, 11) is 0. The van der Waals surface area contributed by atoms with Crippen molar-refractivity contribution < 1.29 is 35.9 Å². The van der Waals surface area contributed by atoms with E-state index in [9.17, 15) is 35.9 Å². The Kier molecular flexibility index (Phi) is 8.42. The molecule has 0 radical (unpaired) electrons. The number of alkyl halides is 6. The summed E-state index contributed by atoms with van der Waals surface area (Å²) in [5, 5.41) is 5.05. The number of hydrogen-bond donors (Lipinski definition) is 2. The van der Waals surface area contributed by atoms with Crippen molar-refractivity contribution in [1.29, 1.82) is 0 Å². The number of nitrogens with zero attached hydrogens (tertiary/aromatic N) is 1. The van der Waals surface area contributed by atoms with Crippen molar-refractivity contribution in [2.45, 2.75) is 52.4 Å². The predicted octanol–water partition coefficient (Wildman–Crippen LogP) is 4.93. The number of benzene rings is 1. The molecule has 0 unspecified atom stereocenters. The Morgan fingerprint density at radius 2 is 1.45 bits per heavy atom. The second-order valence-electron chi connectivity index (χ2n) is 9.34. The van der Waals surface area contributed by atoms with Gasteiger partial charge in [0.05, 0.1) is 11.1 Å². The molecule has 186 valence electrons. The van der Waals surface area contributed by atoms with Crippen LogP contribution in [0.5, 0.6) is 0 Å². The van der Waals surface area contributed by atoms with E-state index in [1.807, 2.05) is 20.8 Å². The first-order chi connectivity index (χ1) is 15.1. The normalized spacial score (nSPS) is 16.5. The molecule has 1 aliphatic rings. The van der Waals surface area contributed by atoms with Crippen molar-refractivity contribution in [3.63, 3.8) is 0 Å². The molecule has 0 atom stereocenters. The maximum Gasteiger partial charge on any atom is 0.416 e. The van der Waals surface area contributed by atoms with Crippen LogP contribution in [0.25, 0.3) is 0 Å². The van der Waals surface area contributed by atoms with Gasteiger partial charge in [0.1, 0.15) is 0 Å². The molecule has 1 aromatic carbocycles. The zero-order valence-electron chi connectivity index (χ0n) is 18.8. The van der Waals surface area contributed by atoms with E-state index in [1.54, 1.807) is 0 Å². The van der Waals surface area contributed by atoms with Crippen LogP contribution in [0.15, 0.2) is 18.2 Å². The highest BCUT2D eigenvalue weighted by molar-refractivity contribution is 5.91. The molecule has 0 aromatic heterocycles. The third-order valence-electron chi connectivity index (χ3n) is 5.45. The maximum atomic E-state index is 13.0. The van der Waals surface area contributed by atoms with Gasteiger partial charge in [-0.2, -0.15) is 26.3 Å². The van der Waals surface area contributed by atoms with Crippen LogP contribution in [0, 0.1) is 11.3 Å². The lowest BCUT2D eigenvalue weighted by Crippen LogP contribution is -2.42. The number of hydrogen-bond acceptors (Lipinski definition) is 3. The molecule has 1 aliphatic heterocycles. The van der Waals surface area contributed by atoms with Crippen LogP contribution in [-0.4, -0.2) is 42.9 Å². The van der Waals surface area contributed by atoms with Gasteiger partial charge in [-0.3, -0.25) is 9.59 Å². The number of anilines is 1. The molecule has 2 amide bonds. The SMILES string of the molecule is CC(C)(C)C(=O)NCCN1CCC(CC(=O)Nc2cc(C(F)(F)F)cc(C(F)(F)F)c2)CC1. The van der Waals surface area contributed by atoms with Crippen LogP contribution >= 0.6 is 0 Å². The summed E-state index contributed by atoms with van der Waals surface area (Å²) < 4.78 is 77.8. The number of rotatable bonds is 6. The van der Waals surface area contributed by atoms with E-state index >= 15 is 0 Å². The Labute approximate surface area is 188 Å². The van der Waals surface area contributed by atoms with Crippen LogP contribution in [0.2, 0.25) is 0 Å². The summed E-state index contributed by atoms with van der Waals surface area (Å²) in [4.78, 5) is 26.3. The molecule has 1 aromatic rings. The minimum Gasteiger partial charge on any atom is -0.354 e. The Morgan fingerprint density at radius 1 is 0.939 bits per heavy atom. The number of amides is 2. The lowest BCUT2D eigenvalue weighted by molar-refractivity contribution is -0.143. The van der Waals surface area contributed by atoms with Gasteiger partial charge in [-0.15, -0.1) is 0 Å². The molecule has 0 spiro atoms. The highest BCUT2D eigenvalue weighted by Gasteiger charge is 2.37. The smallest absolute Gasteiger partial charge is 0.354 e. The van der Waals surface area contributed by atoms with Crippen LogP contribution < -0.4 is 10.6 Å². The van der Waals surface area contributed by atoms with Gasteiger partial charge in [-0.25, -0.2) is 0 Å². The minimum atomic E-state index is -4.97. The maximum absolute atomic E-state index is 13.0. The van der Waals surface area contributed by atoms with E-state index in [1.165, 1.54) is 0 Å². The molecule has 1 heterocycles. The van der Waals surface area contributed by atoms with Crippen molar-refractivity contribution in [3.05, 3.63) is 29.3 Å². The fourth-order valence-electron chi connectivity index (χ4n) is 3.51. The minimum absolute atomic E-state index is 0.00615. The van der Waals surface area contributed by atoms with Crippen molar-refractivity contribution >= 4 is 17.5 Å². The van der Waals surface area contributed by atoms with Crippen molar-refractivity contribution in [2.24, 2.45) is 11.3 Å². The quantitative estimate of drug-likeness (QED) is 0.567. The van der Waals surface area contributed by atoms with Crippen molar-refractivity contribution in [2.75, 3.05) is 31.5 Å². The molecule has 2 rings (SSSR count). The molecular weight excluding hydrogens is 452 g/mol. The molecule has 0 saturated carbocycles. The zero-order valence-corrected chi connectivity index (χ0v) is 18.8. The van der Waals surface area contributed by atoms with Gasteiger partial charge in [-0.1, -0.05) is 20.8 Å². The molecule has 0 bridgehead atoms. The average Bonchev–Trinajstić information content (AvgIpc) is 2.67. The Bertz CT molecular complexity index is 806. The van der Waals surface area contributed by atoms with E-state index < -0.39 is 40.5 Å². The van der Waals surface area contributed by atoms with E-state index in [0.717, 1.165) is 0 Å². The third-order valence-corrected chi connectivity index (χ3v) is 5.45. The van der Waals surface area contributed by atoms with Gasteiger partial charge in [0.25, 0.3) is 0 Å². The summed E-state index contributed by atoms with van der Waals surface area (Å²) in [5.74, 6) is -0.700. The zero-order chi connectivity index (χ0) is 25.0. The average molecular weight is 481 g/mol. The number of halogens is 6. The summed E-state index contributed by atoms with van der Waals surface area (Å²) in [6.07, 6.45) is -8.61. The number of carbonyl (C=O) groups excluding carboxylic acids is 2. The van der Waals surface area contributed by atoms with Gasteiger partial charge < -0.3 is 15.5 Å². The monoisotopic (exact) mass is 481 g/mol. The Morgan fingerprint density at radius 3 is 1.91 bits per heavy atom. The molecule has 1 saturated heterocycles. The molecule has 11 heteroatoms. The molecule has 1 fully saturated rings. The summed E-state index contributed by atoms with van der Waals surface area (Å²) >= 11 is 0. The number of nitrogens with one attached hydrogen (secondary N) is 2. The first-order valence-electron chi connectivity index (χ1n) is 10.7. The first-order valence-corrected chi connectivity index (χ1v) is 10.7. The second kappa shape index (κ2) is 10.3. The van der Waals surface area contributed by atoms with Gasteiger partial charge in [0.2, 0.25) is 11.8 Å². The third kappa shape index (κ3) is 8.53. The number of carbonyl (C=O) groups is 2. The van der Waals surface area contributed by atoms with Crippen molar-refractivity contribution in [3.8, 4) is 0 Å². The van der Waals surface area contributed by atoms with Crippen LogP contribution in [-0.2, 0) is 21.9 Å². The Balaban J connectivity index is 1.87. The molecule has 33 heavy (non-hydrogen) atoms. The van der Waals surface area contributed by atoms with Gasteiger partial charge in [0.15, 0.2) is 0 Å². The van der Waals surface area contributed by atoms with Crippen LogP contribution in [0.1, 0.15) is 51.2 Å². The molecular formula is C22H29F6N3O2. The standard InChI is InChI=1S/C22H29F6N3O2/c1-20(2,3)19(33)29-6-9-31-7-4-14(5-8-31)10-18(32)30-17-12-15(21(23,24)25)11-16(13-17)22(26,27)28/h11-14H,4-10H2,1-3H3,(H,29,33)(H,30,32). The summed E-state index contributed by atoms with van der Waals surface area (Å²) in [6, 6.07) is 1.03. The second-order valence-corrected chi connectivity index (χ2v) is 9.34. The molecule has 5 nitrogen and oxygen atoms in total. The van der Waals surface area contributed by atoms with Gasteiger partial charge in [0, 0.05) is 30.6 Å². The fourth-order valence-corrected chi connectivity index (χ4v) is 3.51. The van der Waals surface area contributed by atoms with Gasteiger partial charge in [-0.05, 0) is 50.0 Å². The van der Waals surface area contributed by atoms with Crippen molar-refractivity contribution in [1.82, 2.24) is 10.2 Å². The van der Waals surface area contributed by atoms with E-state index in [2.05, 4.69) is 15.5 Å². The van der Waals surface area contributed by atoms with E-state index in [0.29, 0.717) is 51.2 Å². The lowest BCUT2D eigenvalue weighted by Gasteiger charge is -2.32. The van der Waals surface area contributed by atoms with E-state index in [4.69, 9.17) is 0 Å². The summed E-state index contributed by atoms with van der Waals surface area (Å²) in [6.45, 7) is 7.99. The molecule has 0 aliphatic carbocycles. The van der Waals surface area contributed by atoms with Crippen LogP contribution in [0.4, 0.5) is 32.0 Å². The number of piperidine rings is 1. The molecule has 2 N–H and O–H groups in total. The first kappa shape index (κ1) is 26.9. The highest BCUT2D eigenvalue weighted by atomic mass is 19.4. The fraction of sp³-hybridized carbons (Fsp3) is 0.636. The Hall–Kier alpha value is -2.30. The predicted molar refractivity (Wildman–Crippen MR) is 111 cm³/mol. The van der Waals surface area contributed by atoms with Gasteiger partial charge >= 0.3 is 12.4 Å². The largest absolute Gasteiger partial charge is 0.416 e.